The van der Waals surface area contributed by atoms with Gasteiger partial charge >= 0.3 is 5.97 Å². The van der Waals surface area contributed by atoms with E-state index in [-0.39, 0.29) is 29.8 Å². The van der Waals surface area contributed by atoms with Gasteiger partial charge in [0.15, 0.2) is 0 Å². The second-order valence-electron chi connectivity index (χ2n) is 5.64. The Morgan fingerprint density at radius 3 is 2.78 bits per heavy atom. The Balaban J connectivity index is 1.89. The maximum Gasteiger partial charge on any atom is 0.306 e. The predicted molar refractivity (Wildman–Crippen MR) is 65.1 cm³/mol. The zero-order valence-corrected chi connectivity index (χ0v) is 11.0. The molecule has 2 rings (SSSR count). The van der Waals surface area contributed by atoms with Crippen molar-refractivity contribution in [2.75, 3.05) is 19.7 Å². The third-order valence-corrected chi connectivity index (χ3v) is 4.31. The van der Waals surface area contributed by atoms with Gasteiger partial charge in [0, 0.05) is 19.0 Å². The number of carbonyl (C=O) groups excluding carboxylic acids is 1. The Bertz CT molecular complexity index is 357. The molecule has 1 heterocycles. The van der Waals surface area contributed by atoms with Gasteiger partial charge in [-0.25, -0.2) is 0 Å². The van der Waals surface area contributed by atoms with Gasteiger partial charge in [0.25, 0.3) is 0 Å². The molecule has 1 amide bonds. The van der Waals surface area contributed by atoms with Crippen molar-refractivity contribution in [3.05, 3.63) is 0 Å². The Morgan fingerprint density at radius 2 is 2.22 bits per heavy atom. The first-order chi connectivity index (χ1) is 8.46. The lowest BCUT2D eigenvalue weighted by Crippen LogP contribution is -2.47. The van der Waals surface area contributed by atoms with Crippen LogP contribution in [0, 0.1) is 11.3 Å². The molecule has 0 bridgehead atoms. The average Bonchev–Trinajstić information content (AvgIpc) is 3.01. The van der Waals surface area contributed by atoms with Gasteiger partial charge in [-0.15, -0.1) is 0 Å². The highest BCUT2D eigenvalue weighted by Crippen LogP contribution is 2.55. The van der Waals surface area contributed by atoms with Crippen LogP contribution in [0.5, 0.6) is 0 Å². The van der Waals surface area contributed by atoms with Crippen LogP contribution in [-0.2, 0) is 14.3 Å². The van der Waals surface area contributed by atoms with Gasteiger partial charge in [-0.05, 0) is 18.3 Å². The first-order valence-electron chi connectivity index (χ1n) is 6.58. The molecule has 3 unspecified atom stereocenters. The van der Waals surface area contributed by atoms with Crippen molar-refractivity contribution in [2.45, 2.75) is 39.2 Å². The van der Waals surface area contributed by atoms with Crippen molar-refractivity contribution in [2.24, 2.45) is 11.3 Å². The molecule has 2 aliphatic rings. The summed E-state index contributed by atoms with van der Waals surface area (Å²) in [4.78, 5) is 24.7. The van der Waals surface area contributed by atoms with Crippen LogP contribution in [0.2, 0.25) is 0 Å². The highest BCUT2D eigenvalue weighted by molar-refractivity contribution is 5.82. The molecule has 1 saturated heterocycles. The molecule has 5 nitrogen and oxygen atoms in total. The summed E-state index contributed by atoms with van der Waals surface area (Å²) in [7, 11) is 0. The molecule has 0 aromatic rings. The molecule has 2 fully saturated rings. The van der Waals surface area contributed by atoms with Crippen LogP contribution in [0.15, 0.2) is 0 Å². The average molecular weight is 255 g/mol. The Labute approximate surface area is 107 Å². The molecular weight excluding hydrogens is 234 g/mol. The van der Waals surface area contributed by atoms with Gasteiger partial charge in [-0.2, -0.15) is 0 Å². The van der Waals surface area contributed by atoms with E-state index in [1.54, 1.807) is 4.90 Å². The molecule has 5 heteroatoms. The van der Waals surface area contributed by atoms with Gasteiger partial charge in [-0.1, -0.05) is 13.8 Å². The number of carboxylic acid groups (broad SMARTS) is 1. The summed E-state index contributed by atoms with van der Waals surface area (Å²) >= 11 is 0. The van der Waals surface area contributed by atoms with Gasteiger partial charge in [0.2, 0.25) is 5.91 Å². The summed E-state index contributed by atoms with van der Waals surface area (Å²) in [5.41, 5.74) is 0.164. The molecule has 18 heavy (non-hydrogen) atoms. The summed E-state index contributed by atoms with van der Waals surface area (Å²) in [5, 5.41) is 8.75. The third kappa shape index (κ3) is 2.66. The van der Waals surface area contributed by atoms with E-state index in [1.807, 2.05) is 0 Å². The molecule has 0 spiro atoms. The fraction of sp³-hybridized carbons (Fsp3) is 0.846. The molecule has 1 N–H and O–H groups in total. The minimum Gasteiger partial charge on any atom is -0.481 e. The number of hydrogen-bond donors (Lipinski definition) is 1. The predicted octanol–water partition coefficient (Wildman–Crippen LogP) is 1.12. The van der Waals surface area contributed by atoms with E-state index in [9.17, 15) is 9.59 Å². The first kappa shape index (κ1) is 13.3. The second kappa shape index (κ2) is 4.88. The minimum absolute atomic E-state index is 0.0283. The topological polar surface area (TPSA) is 66.8 Å². The standard InChI is InChI=1S/C13H21NO4/c1-3-13(2)7-10(13)12(17)14-4-5-18-9(8-14)6-11(15)16/h9-10H,3-8H2,1-2H3,(H,15,16). The lowest BCUT2D eigenvalue weighted by molar-refractivity contribution is -0.148. The van der Waals surface area contributed by atoms with Gasteiger partial charge < -0.3 is 14.7 Å². The Morgan fingerprint density at radius 1 is 1.50 bits per heavy atom. The van der Waals surface area contributed by atoms with E-state index < -0.39 is 5.97 Å². The maximum absolute atomic E-state index is 12.3. The number of nitrogens with zero attached hydrogens (tertiary/aromatic N) is 1. The summed E-state index contributed by atoms with van der Waals surface area (Å²) in [6.45, 7) is 5.70. The number of amides is 1. The monoisotopic (exact) mass is 255 g/mol. The van der Waals surface area contributed by atoms with E-state index in [0.717, 1.165) is 12.8 Å². The number of rotatable bonds is 4. The lowest BCUT2D eigenvalue weighted by Gasteiger charge is -2.33. The van der Waals surface area contributed by atoms with Gasteiger partial charge in [0.1, 0.15) is 0 Å². The van der Waals surface area contributed by atoms with Crippen molar-refractivity contribution >= 4 is 11.9 Å². The number of carboxylic acids is 1. The molecule has 0 radical (unpaired) electrons. The van der Waals surface area contributed by atoms with Crippen molar-refractivity contribution < 1.29 is 19.4 Å². The largest absolute Gasteiger partial charge is 0.481 e. The van der Waals surface area contributed by atoms with E-state index in [2.05, 4.69) is 13.8 Å². The van der Waals surface area contributed by atoms with Crippen LogP contribution >= 0.6 is 0 Å². The summed E-state index contributed by atoms with van der Waals surface area (Å²) in [6.07, 6.45) is 1.60. The van der Waals surface area contributed by atoms with Crippen molar-refractivity contribution in [1.29, 1.82) is 0 Å². The molecule has 0 aromatic carbocycles. The van der Waals surface area contributed by atoms with Gasteiger partial charge in [-0.3, -0.25) is 9.59 Å². The first-order valence-corrected chi connectivity index (χ1v) is 6.58. The van der Waals surface area contributed by atoms with Crippen LogP contribution in [0.3, 0.4) is 0 Å². The van der Waals surface area contributed by atoms with Crippen LogP contribution in [0.1, 0.15) is 33.1 Å². The minimum atomic E-state index is -0.876. The molecular formula is C13H21NO4. The van der Waals surface area contributed by atoms with Crippen LogP contribution < -0.4 is 0 Å². The van der Waals surface area contributed by atoms with E-state index in [0.29, 0.717) is 19.7 Å². The zero-order chi connectivity index (χ0) is 13.3. The van der Waals surface area contributed by atoms with Crippen LogP contribution in [-0.4, -0.2) is 47.7 Å². The quantitative estimate of drug-likeness (QED) is 0.817. The van der Waals surface area contributed by atoms with Crippen LogP contribution in [0.4, 0.5) is 0 Å². The lowest BCUT2D eigenvalue weighted by atomic mass is 10.0. The summed E-state index contributed by atoms with van der Waals surface area (Å²) < 4.78 is 5.37. The zero-order valence-electron chi connectivity index (χ0n) is 11.0. The van der Waals surface area contributed by atoms with Crippen molar-refractivity contribution in [3.63, 3.8) is 0 Å². The summed E-state index contributed by atoms with van der Waals surface area (Å²) in [6, 6.07) is 0. The van der Waals surface area contributed by atoms with Crippen molar-refractivity contribution in [3.8, 4) is 0 Å². The summed E-state index contributed by atoms with van der Waals surface area (Å²) in [5.74, 6) is -0.566. The number of morpholine rings is 1. The Kier molecular flexibility index (Phi) is 3.61. The molecule has 1 saturated carbocycles. The fourth-order valence-corrected chi connectivity index (χ4v) is 2.64. The maximum atomic E-state index is 12.3. The number of aliphatic carboxylic acids is 1. The highest BCUT2D eigenvalue weighted by atomic mass is 16.5. The molecule has 1 aliphatic carbocycles. The molecule has 0 aromatic heterocycles. The normalized spacial score (nSPS) is 35.3. The number of ether oxygens (including phenoxy) is 1. The van der Waals surface area contributed by atoms with Crippen LogP contribution in [0.25, 0.3) is 0 Å². The van der Waals surface area contributed by atoms with Gasteiger partial charge in [0.05, 0.1) is 19.1 Å². The SMILES string of the molecule is CCC1(C)CC1C(=O)N1CCOC(CC(=O)O)C1. The molecule has 102 valence electrons. The Hall–Kier alpha value is -1.10. The smallest absolute Gasteiger partial charge is 0.306 e. The van der Waals surface area contributed by atoms with Crippen molar-refractivity contribution in [1.82, 2.24) is 4.90 Å². The number of hydrogen-bond acceptors (Lipinski definition) is 3. The third-order valence-electron chi connectivity index (χ3n) is 4.31. The fourth-order valence-electron chi connectivity index (χ4n) is 2.64. The van der Waals surface area contributed by atoms with E-state index in [1.165, 1.54) is 0 Å². The van der Waals surface area contributed by atoms with E-state index >= 15 is 0 Å². The van der Waals surface area contributed by atoms with E-state index in [4.69, 9.17) is 9.84 Å². The second-order valence-corrected chi connectivity index (χ2v) is 5.64. The highest BCUT2D eigenvalue weighted by Gasteiger charge is 2.54. The molecule has 3 atom stereocenters. The number of carbonyl (C=O) groups is 2. The molecule has 1 aliphatic heterocycles.